The summed E-state index contributed by atoms with van der Waals surface area (Å²) in [6.07, 6.45) is 0. The second kappa shape index (κ2) is 7.13. The highest BCUT2D eigenvalue weighted by atomic mass is 79.9. The molecule has 2 rings (SSSR count). The van der Waals surface area contributed by atoms with E-state index in [0.717, 1.165) is 19.6 Å². The molecule has 0 saturated carbocycles. The molecule has 1 fully saturated rings. The molecule has 1 aromatic carbocycles. The molecule has 19 heavy (non-hydrogen) atoms. The number of anilines is 1. The van der Waals surface area contributed by atoms with E-state index < -0.39 is 5.82 Å². The first-order valence-electron chi connectivity index (χ1n) is 6.14. The standard InChI is InChI=1S/C13H15BrFN3S/c14-12-10(9-16)1-2-11(13(12)15)17-3-4-18-5-7-19-8-6-18/h1-2,17H,3-8H2. The summed E-state index contributed by atoms with van der Waals surface area (Å²) in [4.78, 5) is 2.38. The zero-order valence-electron chi connectivity index (χ0n) is 10.5. The third-order valence-electron chi connectivity index (χ3n) is 3.05. The maximum Gasteiger partial charge on any atom is 0.161 e. The molecular formula is C13H15BrFN3S. The van der Waals surface area contributed by atoms with Gasteiger partial charge in [-0.3, -0.25) is 4.90 Å². The van der Waals surface area contributed by atoms with Gasteiger partial charge in [0, 0.05) is 37.7 Å². The summed E-state index contributed by atoms with van der Waals surface area (Å²) in [5.74, 6) is 1.96. The van der Waals surface area contributed by atoms with Crippen LogP contribution in [0.15, 0.2) is 16.6 Å². The van der Waals surface area contributed by atoms with E-state index in [9.17, 15) is 4.39 Å². The zero-order valence-corrected chi connectivity index (χ0v) is 12.9. The van der Waals surface area contributed by atoms with Crippen LogP contribution >= 0.6 is 27.7 Å². The summed E-state index contributed by atoms with van der Waals surface area (Å²) >= 11 is 5.09. The Balaban J connectivity index is 1.89. The van der Waals surface area contributed by atoms with Crippen LogP contribution in [0.3, 0.4) is 0 Å². The SMILES string of the molecule is N#Cc1ccc(NCCN2CCSCC2)c(F)c1Br. The van der Waals surface area contributed by atoms with Crippen LogP contribution in [-0.4, -0.2) is 42.6 Å². The Morgan fingerprint density at radius 3 is 2.84 bits per heavy atom. The zero-order chi connectivity index (χ0) is 13.7. The normalized spacial score (nSPS) is 16.1. The molecule has 102 valence electrons. The van der Waals surface area contributed by atoms with Crippen molar-refractivity contribution >= 4 is 33.4 Å². The van der Waals surface area contributed by atoms with Crippen LogP contribution < -0.4 is 5.32 Å². The van der Waals surface area contributed by atoms with Crippen molar-refractivity contribution in [3.05, 3.63) is 28.0 Å². The Labute approximate surface area is 125 Å². The molecule has 0 bridgehead atoms. The smallest absolute Gasteiger partial charge is 0.161 e. The van der Waals surface area contributed by atoms with Gasteiger partial charge in [0.05, 0.1) is 15.7 Å². The summed E-state index contributed by atoms with van der Waals surface area (Å²) < 4.78 is 14.2. The van der Waals surface area contributed by atoms with Crippen LogP contribution in [-0.2, 0) is 0 Å². The van der Waals surface area contributed by atoms with Crippen molar-refractivity contribution < 1.29 is 4.39 Å². The number of hydrogen-bond acceptors (Lipinski definition) is 4. The molecule has 6 heteroatoms. The van der Waals surface area contributed by atoms with Crippen molar-refractivity contribution in [1.82, 2.24) is 4.90 Å². The highest BCUT2D eigenvalue weighted by Crippen LogP contribution is 2.26. The Bertz CT molecular complexity index is 484. The number of hydrogen-bond donors (Lipinski definition) is 1. The van der Waals surface area contributed by atoms with Crippen molar-refractivity contribution in [2.75, 3.05) is 43.0 Å². The molecule has 0 amide bonds. The fourth-order valence-electron chi connectivity index (χ4n) is 1.95. The van der Waals surface area contributed by atoms with Gasteiger partial charge in [-0.25, -0.2) is 4.39 Å². The van der Waals surface area contributed by atoms with Crippen LogP contribution in [0.25, 0.3) is 0 Å². The molecule has 0 atom stereocenters. The van der Waals surface area contributed by atoms with Gasteiger partial charge in [0.25, 0.3) is 0 Å². The Morgan fingerprint density at radius 1 is 1.42 bits per heavy atom. The number of nitrogens with one attached hydrogen (secondary N) is 1. The lowest BCUT2D eigenvalue weighted by atomic mass is 10.2. The first kappa shape index (κ1) is 14.6. The van der Waals surface area contributed by atoms with E-state index >= 15 is 0 Å². The van der Waals surface area contributed by atoms with E-state index in [-0.39, 0.29) is 4.47 Å². The van der Waals surface area contributed by atoms with Crippen molar-refractivity contribution in [3.8, 4) is 6.07 Å². The maximum absolute atomic E-state index is 13.9. The average molecular weight is 344 g/mol. The Kier molecular flexibility index (Phi) is 5.49. The summed E-state index contributed by atoms with van der Waals surface area (Å²) in [6, 6.07) is 5.18. The molecule has 0 aliphatic carbocycles. The maximum atomic E-state index is 13.9. The van der Waals surface area contributed by atoms with Gasteiger partial charge < -0.3 is 5.32 Å². The third kappa shape index (κ3) is 3.85. The number of benzene rings is 1. The van der Waals surface area contributed by atoms with Gasteiger partial charge in [-0.15, -0.1) is 0 Å². The van der Waals surface area contributed by atoms with Crippen LogP contribution in [0, 0.1) is 17.1 Å². The highest BCUT2D eigenvalue weighted by Gasteiger charge is 2.12. The van der Waals surface area contributed by atoms with E-state index in [1.54, 1.807) is 12.1 Å². The van der Waals surface area contributed by atoms with Crippen molar-refractivity contribution in [3.63, 3.8) is 0 Å². The van der Waals surface area contributed by atoms with E-state index in [1.165, 1.54) is 11.5 Å². The molecule has 1 saturated heterocycles. The minimum atomic E-state index is -0.395. The number of halogens is 2. The molecule has 0 spiro atoms. The lowest BCUT2D eigenvalue weighted by Crippen LogP contribution is -2.36. The highest BCUT2D eigenvalue weighted by molar-refractivity contribution is 9.10. The molecule has 1 heterocycles. The van der Waals surface area contributed by atoms with Gasteiger partial charge in [-0.1, -0.05) is 0 Å². The molecule has 0 aromatic heterocycles. The monoisotopic (exact) mass is 343 g/mol. The van der Waals surface area contributed by atoms with Gasteiger partial charge in [0.2, 0.25) is 0 Å². The van der Waals surface area contributed by atoms with E-state index in [2.05, 4.69) is 26.1 Å². The Morgan fingerprint density at radius 2 is 2.16 bits per heavy atom. The number of thioether (sulfide) groups is 1. The fraction of sp³-hybridized carbons (Fsp3) is 0.462. The van der Waals surface area contributed by atoms with E-state index in [0.29, 0.717) is 17.8 Å². The molecule has 0 radical (unpaired) electrons. The van der Waals surface area contributed by atoms with Gasteiger partial charge in [-0.2, -0.15) is 17.0 Å². The summed E-state index contributed by atoms with van der Waals surface area (Å²) in [5.41, 5.74) is 0.758. The van der Waals surface area contributed by atoms with Gasteiger partial charge in [-0.05, 0) is 28.1 Å². The molecule has 1 aliphatic rings. The fourth-order valence-corrected chi connectivity index (χ4v) is 3.36. The Hall–Kier alpha value is -0.770. The lowest BCUT2D eigenvalue weighted by molar-refractivity contribution is 0.314. The van der Waals surface area contributed by atoms with Crippen LogP contribution in [0.2, 0.25) is 0 Å². The molecular weight excluding hydrogens is 329 g/mol. The average Bonchev–Trinajstić information content (AvgIpc) is 2.45. The topological polar surface area (TPSA) is 39.1 Å². The predicted molar refractivity (Wildman–Crippen MR) is 81.1 cm³/mol. The van der Waals surface area contributed by atoms with Gasteiger partial charge in [0.1, 0.15) is 6.07 Å². The van der Waals surface area contributed by atoms with E-state index in [4.69, 9.17) is 5.26 Å². The van der Waals surface area contributed by atoms with E-state index in [1.807, 2.05) is 17.8 Å². The molecule has 0 unspecified atom stereocenters. The van der Waals surface area contributed by atoms with Gasteiger partial charge >= 0.3 is 0 Å². The third-order valence-corrected chi connectivity index (χ3v) is 4.77. The first-order valence-corrected chi connectivity index (χ1v) is 8.09. The predicted octanol–water partition coefficient (Wildman–Crippen LogP) is 2.92. The molecule has 1 aliphatic heterocycles. The quantitative estimate of drug-likeness (QED) is 0.912. The lowest BCUT2D eigenvalue weighted by Gasteiger charge is -2.26. The van der Waals surface area contributed by atoms with Crippen LogP contribution in [0.5, 0.6) is 0 Å². The van der Waals surface area contributed by atoms with Crippen molar-refractivity contribution in [2.45, 2.75) is 0 Å². The molecule has 3 nitrogen and oxygen atoms in total. The molecule has 1 N–H and O–H groups in total. The largest absolute Gasteiger partial charge is 0.381 e. The van der Waals surface area contributed by atoms with Crippen molar-refractivity contribution in [1.29, 1.82) is 5.26 Å². The minimum absolute atomic E-state index is 0.231. The van der Waals surface area contributed by atoms with Crippen LogP contribution in [0.1, 0.15) is 5.56 Å². The molecule has 1 aromatic rings. The minimum Gasteiger partial charge on any atom is -0.381 e. The summed E-state index contributed by atoms with van der Waals surface area (Å²) in [7, 11) is 0. The second-order valence-corrected chi connectivity index (χ2v) is 6.30. The number of nitriles is 1. The second-order valence-electron chi connectivity index (χ2n) is 4.28. The summed E-state index contributed by atoms with van der Waals surface area (Å²) in [5, 5.41) is 11.9. The van der Waals surface area contributed by atoms with Crippen molar-refractivity contribution in [2.24, 2.45) is 0 Å². The first-order chi connectivity index (χ1) is 9.22. The van der Waals surface area contributed by atoms with Gasteiger partial charge in [0.15, 0.2) is 5.82 Å². The van der Waals surface area contributed by atoms with Crippen LogP contribution in [0.4, 0.5) is 10.1 Å². The number of rotatable bonds is 4. The summed E-state index contributed by atoms with van der Waals surface area (Å²) in [6.45, 7) is 3.83. The number of nitrogens with zero attached hydrogens (tertiary/aromatic N) is 2.